The molecule has 3 heteroatoms. The summed E-state index contributed by atoms with van der Waals surface area (Å²) in [6.45, 7) is 6.39. The molecular weight excluding hydrogens is 301 g/mol. The van der Waals surface area contributed by atoms with Crippen LogP contribution in [-0.4, -0.2) is 6.21 Å². The molecule has 0 bridgehead atoms. The van der Waals surface area contributed by atoms with Gasteiger partial charge < -0.3 is 0 Å². The molecule has 0 saturated carbocycles. The lowest BCUT2D eigenvalue weighted by molar-refractivity contribution is 0.823. The molecule has 0 aliphatic rings. The van der Waals surface area contributed by atoms with E-state index in [2.05, 4.69) is 37.0 Å². The van der Waals surface area contributed by atoms with E-state index < -0.39 is 0 Å². The van der Waals surface area contributed by atoms with Crippen molar-refractivity contribution in [3.05, 3.63) is 69.2 Å². The van der Waals surface area contributed by atoms with Gasteiger partial charge in [-0.3, -0.25) is 4.99 Å². The summed E-state index contributed by atoms with van der Waals surface area (Å²) in [5.74, 6) is 0.470. The number of benzene rings is 2. The summed E-state index contributed by atoms with van der Waals surface area (Å²) >= 11 is 12.3. The number of hydrogen-bond donors (Lipinski definition) is 0. The minimum Gasteiger partial charge on any atom is -0.285 e. The Balaban J connectivity index is 2.27. The van der Waals surface area contributed by atoms with Gasteiger partial charge in [0.05, 0.1) is 16.1 Å². The maximum atomic E-state index is 6.25. The lowest BCUT2D eigenvalue weighted by Gasteiger charge is -2.12. The molecule has 0 amide bonds. The molecule has 0 N–H and O–H groups in total. The second kappa shape index (κ2) is 7.11. The summed E-state index contributed by atoms with van der Waals surface area (Å²) < 4.78 is 0. The third-order valence-corrected chi connectivity index (χ3v) is 4.32. The highest BCUT2D eigenvalue weighted by atomic mass is 35.5. The van der Waals surface area contributed by atoms with Gasteiger partial charge in [0, 0.05) is 6.21 Å². The van der Waals surface area contributed by atoms with Crippen LogP contribution in [0.4, 0.5) is 0 Å². The summed E-state index contributed by atoms with van der Waals surface area (Å²) in [6.07, 6.45) is 1.93. The third-order valence-electron chi connectivity index (χ3n) is 3.49. The predicted molar refractivity (Wildman–Crippen MR) is 93.0 cm³/mol. The van der Waals surface area contributed by atoms with E-state index in [1.807, 2.05) is 31.3 Å². The summed E-state index contributed by atoms with van der Waals surface area (Å²) in [5.41, 5.74) is 3.39. The predicted octanol–water partition coefficient (Wildman–Crippen LogP) is 6.30. The summed E-state index contributed by atoms with van der Waals surface area (Å²) in [7, 11) is 0. The minimum absolute atomic E-state index is 0.0311. The topological polar surface area (TPSA) is 12.4 Å². The second-order valence-corrected chi connectivity index (χ2v) is 6.17. The van der Waals surface area contributed by atoms with Gasteiger partial charge in [-0.2, -0.15) is 0 Å². The quantitative estimate of drug-likeness (QED) is 0.586. The lowest BCUT2D eigenvalue weighted by atomic mass is 9.98. The monoisotopic (exact) mass is 319 g/mol. The average Bonchev–Trinajstić information content (AvgIpc) is 2.47. The first-order chi connectivity index (χ1) is 10.0. The van der Waals surface area contributed by atoms with E-state index >= 15 is 0 Å². The Bertz CT molecular complexity index is 647. The molecule has 0 aromatic heterocycles. The van der Waals surface area contributed by atoms with Crippen LogP contribution in [0.25, 0.3) is 0 Å². The second-order valence-electron chi connectivity index (χ2n) is 5.38. The molecule has 0 aliphatic heterocycles. The highest BCUT2D eigenvalue weighted by Gasteiger charge is 2.10. The average molecular weight is 320 g/mol. The Kier molecular flexibility index (Phi) is 5.44. The van der Waals surface area contributed by atoms with Crippen LogP contribution in [0.15, 0.2) is 47.5 Å². The zero-order chi connectivity index (χ0) is 15.4. The van der Waals surface area contributed by atoms with E-state index in [1.165, 1.54) is 5.56 Å². The van der Waals surface area contributed by atoms with Crippen LogP contribution in [0.3, 0.4) is 0 Å². The molecular formula is C18H19Cl2N. The van der Waals surface area contributed by atoms with Gasteiger partial charge in [0.15, 0.2) is 0 Å². The van der Waals surface area contributed by atoms with Gasteiger partial charge in [-0.05, 0) is 35.6 Å². The van der Waals surface area contributed by atoms with Crippen LogP contribution >= 0.6 is 23.2 Å². The Hall–Kier alpha value is -1.31. The van der Waals surface area contributed by atoms with Crippen molar-refractivity contribution >= 4 is 29.4 Å². The van der Waals surface area contributed by atoms with Crippen molar-refractivity contribution in [3.8, 4) is 0 Å². The highest BCUT2D eigenvalue weighted by Crippen LogP contribution is 2.31. The molecule has 0 radical (unpaired) electrons. The molecule has 2 aromatic rings. The maximum Gasteiger partial charge on any atom is 0.0736 e. The van der Waals surface area contributed by atoms with Gasteiger partial charge in [-0.15, -0.1) is 0 Å². The largest absolute Gasteiger partial charge is 0.285 e. The Labute approximate surface area is 136 Å². The highest BCUT2D eigenvalue weighted by molar-refractivity contribution is 6.42. The zero-order valence-corrected chi connectivity index (χ0v) is 14.0. The fraction of sp³-hybridized carbons (Fsp3) is 0.278. The smallest absolute Gasteiger partial charge is 0.0736 e. The first-order valence-corrected chi connectivity index (χ1v) is 7.82. The van der Waals surface area contributed by atoms with Crippen molar-refractivity contribution < 1.29 is 0 Å². The Morgan fingerprint density at radius 2 is 1.57 bits per heavy atom. The van der Waals surface area contributed by atoms with Gasteiger partial charge in [-0.1, -0.05) is 73.4 Å². The molecule has 0 fully saturated rings. The van der Waals surface area contributed by atoms with Gasteiger partial charge in [0.1, 0.15) is 0 Å². The summed E-state index contributed by atoms with van der Waals surface area (Å²) in [6, 6.07) is 13.9. The lowest BCUT2D eigenvalue weighted by Crippen LogP contribution is -1.97. The minimum atomic E-state index is -0.0311. The van der Waals surface area contributed by atoms with Crippen LogP contribution in [0, 0.1) is 0 Å². The molecule has 2 aromatic carbocycles. The number of nitrogens with zero attached hydrogens (tertiary/aromatic N) is 1. The first kappa shape index (κ1) is 16.1. The van der Waals surface area contributed by atoms with E-state index in [-0.39, 0.29) is 6.04 Å². The van der Waals surface area contributed by atoms with Crippen LogP contribution in [-0.2, 0) is 0 Å². The zero-order valence-electron chi connectivity index (χ0n) is 12.5. The standard InChI is InChI=1S/C18H19Cl2N/c1-12(2)15-8-5-4-7-14(15)11-21-13(3)16-9-6-10-17(19)18(16)20/h4-13H,1-3H3/b21-11+. The Morgan fingerprint density at radius 3 is 2.29 bits per heavy atom. The van der Waals surface area contributed by atoms with E-state index in [1.54, 1.807) is 6.07 Å². The van der Waals surface area contributed by atoms with E-state index in [9.17, 15) is 0 Å². The maximum absolute atomic E-state index is 6.25. The molecule has 0 spiro atoms. The molecule has 110 valence electrons. The fourth-order valence-corrected chi connectivity index (χ4v) is 2.74. The van der Waals surface area contributed by atoms with E-state index in [0.29, 0.717) is 16.0 Å². The molecule has 1 atom stereocenters. The van der Waals surface area contributed by atoms with Gasteiger partial charge in [0.2, 0.25) is 0 Å². The van der Waals surface area contributed by atoms with Crippen LogP contribution in [0.1, 0.15) is 49.4 Å². The molecule has 0 saturated heterocycles. The molecule has 1 nitrogen and oxygen atoms in total. The Morgan fingerprint density at radius 1 is 0.905 bits per heavy atom. The number of rotatable bonds is 4. The van der Waals surface area contributed by atoms with Crippen LogP contribution < -0.4 is 0 Å². The van der Waals surface area contributed by atoms with Crippen molar-refractivity contribution in [3.63, 3.8) is 0 Å². The molecule has 21 heavy (non-hydrogen) atoms. The van der Waals surface area contributed by atoms with Gasteiger partial charge in [-0.25, -0.2) is 0 Å². The third kappa shape index (κ3) is 3.87. The molecule has 2 rings (SSSR count). The van der Waals surface area contributed by atoms with Crippen molar-refractivity contribution in [2.45, 2.75) is 32.7 Å². The van der Waals surface area contributed by atoms with Gasteiger partial charge in [0.25, 0.3) is 0 Å². The van der Waals surface area contributed by atoms with E-state index in [4.69, 9.17) is 23.2 Å². The number of aliphatic imine (C=N–C) groups is 1. The molecule has 1 unspecified atom stereocenters. The van der Waals surface area contributed by atoms with E-state index in [0.717, 1.165) is 11.1 Å². The fourth-order valence-electron chi connectivity index (χ4n) is 2.27. The van der Waals surface area contributed by atoms with Crippen molar-refractivity contribution in [1.29, 1.82) is 0 Å². The molecule has 0 heterocycles. The number of hydrogen-bond acceptors (Lipinski definition) is 1. The first-order valence-electron chi connectivity index (χ1n) is 7.06. The van der Waals surface area contributed by atoms with Crippen molar-refractivity contribution in [2.75, 3.05) is 0 Å². The van der Waals surface area contributed by atoms with Gasteiger partial charge >= 0.3 is 0 Å². The van der Waals surface area contributed by atoms with Crippen LogP contribution in [0.5, 0.6) is 0 Å². The molecule has 0 aliphatic carbocycles. The van der Waals surface area contributed by atoms with Crippen molar-refractivity contribution in [1.82, 2.24) is 0 Å². The number of halogens is 2. The van der Waals surface area contributed by atoms with Crippen LogP contribution in [0.2, 0.25) is 10.0 Å². The summed E-state index contributed by atoms with van der Waals surface area (Å²) in [5, 5.41) is 1.15. The SMILES string of the molecule is CC(C)c1ccccc1/C=N/C(C)c1cccc(Cl)c1Cl. The van der Waals surface area contributed by atoms with Crippen molar-refractivity contribution in [2.24, 2.45) is 4.99 Å². The summed E-state index contributed by atoms with van der Waals surface area (Å²) in [4.78, 5) is 4.64. The normalized spacial score (nSPS) is 13.0.